The SMILES string of the molecule is NC(=O)CN(Cc1ccccc1)c1cccc(NC(=O)CCC2CCNC2)c1. The molecule has 1 fully saturated rings. The molecule has 4 N–H and O–H groups in total. The van der Waals surface area contributed by atoms with E-state index in [4.69, 9.17) is 5.73 Å². The van der Waals surface area contributed by atoms with E-state index >= 15 is 0 Å². The Morgan fingerprint density at radius 3 is 2.68 bits per heavy atom. The number of nitrogens with zero attached hydrogens (tertiary/aromatic N) is 1. The second-order valence-corrected chi connectivity index (χ2v) is 7.30. The molecule has 148 valence electrons. The van der Waals surface area contributed by atoms with E-state index in [0.717, 1.165) is 42.9 Å². The topological polar surface area (TPSA) is 87.5 Å². The largest absolute Gasteiger partial charge is 0.368 e. The molecule has 2 aromatic rings. The third kappa shape index (κ3) is 6.09. The molecule has 1 unspecified atom stereocenters. The third-order valence-corrected chi connectivity index (χ3v) is 5.00. The number of benzene rings is 2. The number of primary amides is 1. The molecule has 6 nitrogen and oxygen atoms in total. The summed E-state index contributed by atoms with van der Waals surface area (Å²) in [4.78, 5) is 25.8. The van der Waals surface area contributed by atoms with Crippen LogP contribution in [0.1, 0.15) is 24.8 Å². The second-order valence-electron chi connectivity index (χ2n) is 7.30. The van der Waals surface area contributed by atoms with Crippen molar-refractivity contribution in [1.82, 2.24) is 5.32 Å². The lowest BCUT2D eigenvalue weighted by Crippen LogP contribution is -2.33. The van der Waals surface area contributed by atoms with Crippen molar-refractivity contribution in [3.8, 4) is 0 Å². The summed E-state index contributed by atoms with van der Waals surface area (Å²) >= 11 is 0. The van der Waals surface area contributed by atoms with Gasteiger partial charge in [-0.15, -0.1) is 0 Å². The first-order valence-electron chi connectivity index (χ1n) is 9.78. The van der Waals surface area contributed by atoms with Gasteiger partial charge in [0.15, 0.2) is 0 Å². The van der Waals surface area contributed by atoms with Crippen LogP contribution in [-0.4, -0.2) is 31.4 Å². The van der Waals surface area contributed by atoms with Crippen molar-refractivity contribution in [2.45, 2.75) is 25.8 Å². The van der Waals surface area contributed by atoms with Gasteiger partial charge in [-0.05, 0) is 55.6 Å². The van der Waals surface area contributed by atoms with E-state index in [1.165, 1.54) is 0 Å². The average molecular weight is 380 g/mol. The first-order valence-corrected chi connectivity index (χ1v) is 9.78. The Hall–Kier alpha value is -2.86. The predicted molar refractivity (Wildman–Crippen MR) is 112 cm³/mol. The Balaban J connectivity index is 1.64. The summed E-state index contributed by atoms with van der Waals surface area (Å²) in [6, 6.07) is 17.5. The molecule has 0 spiro atoms. The van der Waals surface area contributed by atoms with Gasteiger partial charge in [0, 0.05) is 24.3 Å². The molecular weight excluding hydrogens is 352 g/mol. The molecule has 0 bridgehead atoms. The summed E-state index contributed by atoms with van der Waals surface area (Å²) in [5.74, 6) is 0.220. The molecule has 0 aliphatic carbocycles. The molecule has 0 radical (unpaired) electrons. The quantitative estimate of drug-likeness (QED) is 0.624. The van der Waals surface area contributed by atoms with Crippen LogP contribution >= 0.6 is 0 Å². The molecule has 2 aromatic carbocycles. The van der Waals surface area contributed by atoms with E-state index in [1.54, 1.807) is 0 Å². The van der Waals surface area contributed by atoms with Gasteiger partial charge in [-0.1, -0.05) is 36.4 Å². The Kier molecular flexibility index (Phi) is 7.03. The number of carbonyl (C=O) groups excluding carboxylic acids is 2. The number of hydrogen-bond acceptors (Lipinski definition) is 4. The molecule has 28 heavy (non-hydrogen) atoms. The maximum atomic E-state index is 12.3. The Morgan fingerprint density at radius 1 is 1.14 bits per heavy atom. The standard InChI is InChI=1S/C22H28N4O2/c23-21(27)16-26(15-18-5-2-1-3-6-18)20-8-4-7-19(13-20)25-22(28)10-9-17-11-12-24-14-17/h1-8,13,17,24H,9-12,14-16H2,(H2,23,27)(H,25,28). The van der Waals surface area contributed by atoms with Gasteiger partial charge in [0.1, 0.15) is 0 Å². The zero-order chi connectivity index (χ0) is 19.8. The molecule has 0 saturated carbocycles. The van der Waals surface area contributed by atoms with E-state index in [-0.39, 0.29) is 12.5 Å². The average Bonchev–Trinajstić information content (AvgIpc) is 3.20. The van der Waals surface area contributed by atoms with Crippen LogP contribution < -0.4 is 21.3 Å². The number of anilines is 2. The fraction of sp³-hybridized carbons (Fsp3) is 0.364. The number of hydrogen-bond donors (Lipinski definition) is 3. The number of nitrogens with one attached hydrogen (secondary N) is 2. The summed E-state index contributed by atoms with van der Waals surface area (Å²) in [6.45, 7) is 2.73. The van der Waals surface area contributed by atoms with Gasteiger partial charge in [0.2, 0.25) is 11.8 Å². The van der Waals surface area contributed by atoms with Gasteiger partial charge in [0.05, 0.1) is 6.54 Å². The van der Waals surface area contributed by atoms with Gasteiger partial charge in [-0.3, -0.25) is 9.59 Å². The van der Waals surface area contributed by atoms with E-state index in [1.807, 2.05) is 59.5 Å². The number of amides is 2. The minimum atomic E-state index is -0.393. The van der Waals surface area contributed by atoms with E-state index in [0.29, 0.717) is 18.9 Å². The number of rotatable bonds is 9. The van der Waals surface area contributed by atoms with Crippen molar-refractivity contribution in [2.75, 3.05) is 29.9 Å². The van der Waals surface area contributed by atoms with Gasteiger partial charge in [-0.25, -0.2) is 0 Å². The minimum Gasteiger partial charge on any atom is -0.368 e. The number of nitrogens with two attached hydrogens (primary N) is 1. The fourth-order valence-electron chi connectivity index (χ4n) is 3.53. The first kappa shape index (κ1) is 19.9. The van der Waals surface area contributed by atoms with Crippen molar-refractivity contribution in [3.63, 3.8) is 0 Å². The fourth-order valence-corrected chi connectivity index (χ4v) is 3.53. The monoisotopic (exact) mass is 380 g/mol. The Bertz CT molecular complexity index is 788. The molecule has 3 rings (SSSR count). The Labute approximate surface area is 166 Å². The summed E-state index contributed by atoms with van der Waals surface area (Å²) in [5, 5.41) is 6.30. The molecule has 1 heterocycles. The van der Waals surface area contributed by atoms with Gasteiger partial charge >= 0.3 is 0 Å². The highest BCUT2D eigenvalue weighted by Gasteiger charge is 2.16. The van der Waals surface area contributed by atoms with E-state index in [9.17, 15) is 9.59 Å². The molecule has 2 amide bonds. The van der Waals surface area contributed by atoms with Crippen molar-refractivity contribution in [1.29, 1.82) is 0 Å². The molecule has 1 saturated heterocycles. The zero-order valence-electron chi connectivity index (χ0n) is 16.1. The van der Waals surface area contributed by atoms with Crippen LogP contribution in [0, 0.1) is 5.92 Å². The second kappa shape index (κ2) is 9.90. The lowest BCUT2D eigenvalue weighted by atomic mass is 10.0. The summed E-state index contributed by atoms with van der Waals surface area (Å²) in [6.07, 6.45) is 2.57. The Morgan fingerprint density at radius 2 is 1.96 bits per heavy atom. The summed E-state index contributed by atoms with van der Waals surface area (Å²) < 4.78 is 0. The van der Waals surface area contributed by atoms with Crippen molar-refractivity contribution >= 4 is 23.2 Å². The highest BCUT2D eigenvalue weighted by atomic mass is 16.2. The maximum Gasteiger partial charge on any atom is 0.236 e. The normalized spacial score (nSPS) is 15.9. The molecule has 6 heteroatoms. The predicted octanol–water partition coefficient (Wildman–Crippen LogP) is 2.51. The van der Waals surface area contributed by atoms with Gasteiger partial charge in [0.25, 0.3) is 0 Å². The molecule has 1 aliphatic heterocycles. The summed E-state index contributed by atoms with van der Waals surface area (Å²) in [7, 11) is 0. The van der Waals surface area contributed by atoms with E-state index < -0.39 is 5.91 Å². The van der Waals surface area contributed by atoms with Crippen LogP contribution in [0.25, 0.3) is 0 Å². The van der Waals surface area contributed by atoms with Crippen LogP contribution in [0.4, 0.5) is 11.4 Å². The van der Waals surface area contributed by atoms with Gasteiger partial charge < -0.3 is 21.3 Å². The van der Waals surface area contributed by atoms with Crippen LogP contribution in [0.3, 0.4) is 0 Å². The lowest BCUT2D eigenvalue weighted by Gasteiger charge is -2.24. The smallest absolute Gasteiger partial charge is 0.236 e. The first-order chi connectivity index (χ1) is 13.6. The summed E-state index contributed by atoms with van der Waals surface area (Å²) in [5.41, 5.74) is 8.11. The maximum absolute atomic E-state index is 12.3. The van der Waals surface area contributed by atoms with E-state index in [2.05, 4.69) is 10.6 Å². The molecule has 0 aromatic heterocycles. The third-order valence-electron chi connectivity index (χ3n) is 5.00. The van der Waals surface area contributed by atoms with Crippen molar-refractivity contribution < 1.29 is 9.59 Å². The van der Waals surface area contributed by atoms with Crippen LogP contribution in [0.5, 0.6) is 0 Å². The van der Waals surface area contributed by atoms with Crippen molar-refractivity contribution in [3.05, 3.63) is 60.2 Å². The van der Waals surface area contributed by atoms with Gasteiger partial charge in [-0.2, -0.15) is 0 Å². The highest BCUT2D eigenvalue weighted by Crippen LogP contribution is 2.22. The molecular formula is C22H28N4O2. The number of carbonyl (C=O) groups is 2. The van der Waals surface area contributed by atoms with Crippen LogP contribution in [0.2, 0.25) is 0 Å². The van der Waals surface area contributed by atoms with Crippen LogP contribution in [-0.2, 0) is 16.1 Å². The van der Waals surface area contributed by atoms with Crippen molar-refractivity contribution in [2.24, 2.45) is 11.7 Å². The lowest BCUT2D eigenvalue weighted by molar-refractivity contribution is -0.117. The molecule has 1 aliphatic rings. The van der Waals surface area contributed by atoms with Crippen LogP contribution in [0.15, 0.2) is 54.6 Å². The molecule has 1 atom stereocenters. The minimum absolute atomic E-state index is 0.0218. The zero-order valence-corrected chi connectivity index (χ0v) is 16.1. The highest BCUT2D eigenvalue weighted by molar-refractivity contribution is 5.91.